The number of rotatable bonds is 4. The van der Waals surface area contributed by atoms with Crippen molar-refractivity contribution in [3.8, 4) is 17.0 Å². The Bertz CT molecular complexity index is 692. The van der Waals surface area contributed by atoms with Gasteiger partial charge in [0, 0.05) is 17.1 Å². The van der Waals surface area contributed by atoms with Crippen molar-refractivity contribution in [1.29, 1.82) is 0 Å². The predicted octanol–water partition coefficient (Wildman–Crippen LogP) is 3.48. The first-order valence-corrected chi connectivity index (χ1v) is 7.58. The molecule has 1 aromatic heterocycles. The molecule has 0 atom stereocenters. The molecule has 1 heterocycles. The van der Waals surface area contributed by atoms with Crippen molar-refractivity contribution < 1.29 is 14.6 Å². The Morgan fingerprint density at radius 1 is 1.43 bits per heavy atom. The van der Waals surface area contributed by atoms with E-state index in [2.05, 4.69) is 21.0 Å². The summed E-state index contributed by atoms with van der Waals surface area (Å²) in [6, 6.07) is 7.32. The highest BCUT2D eigenvalue weighted by Gasteiger charge is 2.22. The van der Waals surface area contributed by atoms with E-state index in [1.165, 1.54) is 6.42 Å². The minimum atomic E-state index is -1.03. The first kappa shape index (κ1) is 14.1. The molecule has 1 saturated carbocycles. The van der Waals surface area contributed by atoms with E-state index >= 15 is 0 Å². The Hall–Kier alpha value is -1.82. The van der Waals surface area contributed by atoms with Gasteiger partial charge in [-0.2, -0.15) is 5.10 Å². The number of aromatic nitrogens is 2. The van der Waals surface area contributed by atoms with Gasteiger partial charge >= 0.3 is 5.97 Å². The molecule has 0 unspecified atom stereocenters. The van der Waals surface area contributed by atoms with E-state index in [9.17, 15) is 4.79 Å². The normalized spacial score (nSPS) is 14.8. The molecule has 2 aromatic rings. The summed E-state index contributed by atoms with van der Waals surface area (Å²) in [5, 5.41) is 13.1. The van der Waals surface area contributed by atoms with Crippen molar-refractivity contribution in [3.63, 3.8) is 0 Å². The average molecular weight is 351 g/mol. The Kier molecular flexibility index (Phi) is 3.71. The van der Waals surface area contributed by atoms with Crippen molar-refractivity contribution in [1.82, 2.24) is 9.78 Å². The van der Waals surface area contributed by atoms with Gasteiger partial charge in [0.05, 0.1) is 11.8 Å². The smallest absolute Gasteiger partial charge is 0.356 e. The Balaban J connectivity index is 2.03. The number of carboxylic acids is 1. The van der Waals surface area contributed by atoms with Crippen LogP contribution in [0.3, 0.4) is 0 Å². The molecule has 0 saturated heterocycles. The third kappa shape index (κ3) is 2.81. The lowest BCUT2D eigenvalue weighted by molar-refractivity contribution is 0.0689. The molecule has 3 rings (SSSR count). The molecule has 1 fully saturated rings. The van der Waals surface area contributed by atoms with Crippen molar-refractivity contribution in [2.45, 2.75) is 25.4 Å². The van der Waals surface area contributed by atoms with Crippen LogP contribution in [0, 0.1) is 0 Å². The largest absolute Gasteiger partial charge is 0.490 e. The van der Waals surface area contributed by atoms with Crippen LogP contribution in [0.2, 0.25) is 0 Å². The SMILES string of the molecule is Cn1nc(C(=O)O)cc1-c1cc(Br)ccc1OC1CCC1. The van der Waals surface area contributed by atoms with Crippen LogP contribution in [0.15, 0.2) is 28.7 Å². The van der Waals surface area contributed by atoms with E-state index in [0.29, 0.717) is 0 Å². The van der Waals surface area contributed by atoms with E-state index in [1.807, 2.05) is 18.2 Å². The molecular formula is C15H15BrN2O3. The van der Waals surface area contributed by atoms with Crippen LogP contribution in [-0.4, -0.2) is 27.0 Å². The number of nitrogens with zero attached hydrogens (tertiary/aromatic N) is 2. The highest BCUT2D eigenvalue weighted by atomic mass is 79.9. The maximum absolute atomic E-state index is 11.1. The lowest BCUT2D eigenvalue weighted by Gasteiger charge is -2.27. The van der Waals surface area contributed by atoms with E-state index in [4.69, 9.17) is 9.84 Å². The molecule has 1 N–H and O–H groups in total. The highest BCUT2D eigenvalue weighted by molar-refractivity contribution is 9.10. The summed E-state index contributed by atoms with van der Waals surface area (Å²) in [4.78, 5) is 11.1. The number of aryl methyl sites for hydroxylation is 1. The number of benzene rings is 1. The fourth-order valence-corrected chi connectivity index (χ4v) is 2.66. The zero-order valence-electron chi connectivity index (χ0n) is 11.5. The molecule has 0 radical (unpaired) electrons. The van der Waals surface area contributed by atoms with Crippen molar-refractivity contribution in [2.24, 2.45) is 7.05 Å². The lowest BCUT2D eigenvalue weighted by Crippen LogP contribution is -2.24. The van der Waals surface area contributed by atoms with Gasteiger partial charge in [0.15, 0.2) is 5.69 Å². The molecule has 6 heteroatoms. The van der Waals surface area contributed by atoms with Crippen molar-refractivity contribution in [2.75, 3.05) is 0 Å². The van der Waals surface area contributed by atoms with Crippen molar-refractivity contribution >= 4 is 21.9 Å². The van der Waals surface area contributed by atoms with Gasteiger partial charge in [-0.25, -0.2) is 4.79 Å². The minimum Gasteiger partial charge on any atom is -0.490 e. The summed E-state index contributed by atoms with van der Waals surface area (Å²) in [5.74, 6) is -0.267. The van der Waals surface area contributed by atoms with Crippen LogP contribution >= 0.6 is 15.9 Å². The lowest BCUT2D eigenvalue weighted by atomic mass is 9.96. The Morgan fingerprint density at radius 3 is 2.76 bits per heavy atom. The first-order valence-electron chi connectivity index (χ1n) is 6.78. The quantitative estimate of drug-likeness (QED) is 0.916. The summed E-state index contributed by atoms with van der Waals surface area (Å²) in [6.07, 6.45) is 3.60. The van der Waals surface area contributed by atoms with Gasteiger partial charge in [-0.15, -0.1) is 0 Å². The number of carbonyl (C=O) groups is 1. The third-order valence-electron chi connectivity index (χ3n) is 3.66. The van der Waals surface area contributed by atoms with Gasteiger partial charge in [-0.3, -0.25) is 4.68 Å². The van der Waals surface area contributed by atoms with Gasteiger partial charge < -0.3 is 9.84 Å². The van der Waals surface area contributed by atoms with Crippen LogP contribution < -0.4 is 4.74 Å². The fourth-order valence-electron chi connectivity index (χ4n) is 2.30. The first-order chi connectivity index (χ1) is 10.0. The second-order valence-electron chi connectivity index (χ2n) is 5.15. The number of hydrogen-bond donors (Lipinski definition) is 1. The molecule has 0 aliphatic heterocycles. The molecule has 1 aliphatic rings. The average Bonchev–Trinajstić information content (AvgIpc) is 2.77. The summed E-state index contributed by atoms with van der Waals surface area (Å²) < 4.78 is 8.49. The molecule has 5 nitrogen and oxygen atoms in total. The molecule has 0 amide bonds. The molecule has 21 heavy (non-hydrogen) atoms. The molecule has 0 bridgehead atoms. The topological polar surface area (TPSA) is 64.4 Å². The van der Waals surface area contributed by atoms with E-state index in [-0.39, 0.29) is 11.8 Å². The molecular weight excluding hydrogens is 336 g/mol. The molecule has 110 valence electrons. The van der Waals surface area contributed by atoms with Crippen LogP contribution in [-0.2, 0) is 7.05 Å². The molecule has 1 aromatic carbocycles. The number of aromatic carboxylic acids is 1. The second-order valence-corrected chi connectivity index (χ2v) is 6.07. The van der Waals surface area contributed by atoms with Crippen LogP contribution in [0.1, 0.15) is 29.8 Å². The summed E-state index contributed by atoms with van der Waals surface area (Å²) in [6.45, 7) is 0. The third-order valence-corrected chi connectivity index (χ3v) is 4.16. The number of hydrogen-bond acceptors (Lipinski definition) is 3. The fraction of sp³-hybridized carbons (Fsp3) is 0.333. The van der Waals surface area contributed by atoms with Gasteiger partial charge in [0.2, 0.25) is 0 Å². The second kappa shape index (κ2) is 5.52. The zero-order valence-corrected chi connectivity index (χ0v) is 13.1. The van der Waals surface area contributed by atoms with Crippen LogP contribution in [0.25, 0.3) is 11.3 Å². The van der Waals surface area contributed by atoms with E-state index < -0.39 is 5.97 Å². The van der Waals surface area contributed by atoms with Crippen molar-refractivity contribution in [3.05, 3.63) is 34.4 Å². The van der Waals surface area contributed by atoms with Gasteiger partial charge in [-0.05, 0) is 43.5 Å². The maximum atomic E-state index is 11.1. The maximum Gasteiger partial charge on any atom is 0.356 e. The predicted molar refractivity (Wildman–Crippen MR) is 81.6 cm³/mol. The summed E-state index contributed by atoms with van der Waals surface area (Å²) >= 11 is 3.45. The summed E-state index contributed by atoms with van der Waals surface area (Å²) in [5.41, 5.74) is 1.60. The Morgan fingerprint density at radius 2 is 2.19 bits per heavy atom. The van der Waals surface area contributed by atoms with E-state index in [0.717, 1.165) is 34.3 Å². The zero-order chi connectivity index (χ0) is 15.0. The Labute approximate surface area is 130 Å². The van der Waals surface area contributed by atoms with Crippen LogP contribution in [0.5, 0.6) is 5.75 Å². The van der Waals surface area contributed by atoms with Crippen LogP contribution in [0.4, 0.5) is 0 Å². The standard InChI is InChI=1S/C15H15BrN2O3/c1-18-13(8-12(17-18)15(19)20)11-7-9(16)5-6-14(11)21-10-3-2-4-10/h5-8,10H,2-4H2,1H3,(H,19,20). The number of carboxylic acid groups (broad SMARTS) is 1. The summed E-state index contributed by atoms with van der Waals surface area (Å²) in [7, 11) is 1.73. The number of ether oxygens (including phenoxy) is 1. The van der Waals surface area contributed by atoms with E-state index in [1.54, 1.807) is 17.8 Å². The molecule has 1 aliphatic carbocycles. The van der Waals surface area contributed by atoms with Gasteiger partial charge in [0.1, 0.15) is 5.75 Å². The van der Waals surface area contributed by atoms with Gasteiger partial charge in [-0.1, -0.05) is 15.9 Å². The minimum absolute atomic E-state index is 0.0297. The monoisotopic (exact) mass is 350 g/mol. The highest BCUT2D eigenvalue weighted by Crippen LogP contribution is 2.36. The van der Waals surface area contributed by atoms with Gasteiger partial charge in [0.25, 0.3) is 0 Å². The molecule has 0 spiro atoms. The number of halogens is 1.